The first-order valence-electron chi connectivity index (χ1n) is 5.35. The molecule has 1 rings (SSSR count). The molecule has 2 unspecified atom stereocenters. The lowest BCUT2D eigenvalue weighted by Gasteiger charge is -2.24. The molecule has 0 saturated carbocycles. The van der Waals surface area contributed by atoms with E-state index >= 15 is 0 Å². The highest BCUT2D eigenvalue weighted by Gasteiger charge is 2.26. The molecule has 1 fully saturated rings. The Balaban J connectivity index is 2.41. The summed E-state index contributed by atoms with van der Waals surface area (Å²) in [5.74, 6) is -0.744. The number of nitrogens with zero attached hydrogens (tertiary/aromatic N) is 1. The molecule has 0 bridgehead atoms. The number of nitrogens with one attached hydrogen (secondary N) is 1. The van der Waals surface area contributed by atoms with E-state index in [1.807, 2.05) is 6.92 Å². The number of hydrogen-bond donors (Lipinski definition) is 2. The van der Waals surface area contributed by atoms with Gasteiger partial charge in [-0.15, -0.1) is 0 Å². The maximum Gasteiger partial charge on any atom is 0.322 e. The van der Waals surface area contributed by atoms with Gasteiger partial charge in [-0.3, -0.25) is 9.69 Å². The standard InChI is InChI=1S/C10H20N2O2/c1-3-11-9(10(13)14)7-12-6-4-5-8(12)2/h8-9,11H,3-7H2,1-2H3,(H,13,14). The van der Waals surface area contributed by atoms with E-state index in [9.17, 15) is 4.79 Å². The molecule has 82 valence electrons. The van der Waals surface area contributed by atoms with Gasteiger partial charge in [0.15, 0.2) is 0 Å². The van der Waals surface area contributed by atoms with Crippen LogP contribution in [0.4, 0.5) is 0 Å². The zero-order valence-corrected chi connectivity index (χ0v) is 8.99. The van der Waals surface area contributed by atoms with Crippen molar-refractivity contribution in [2.24, 2.45) is 0 Å². The molecule has 0 aromatic heterocycles. The maximum atomic E-state index is 10.9. The summed E-state index contributed by atoms with van der Waals surface area (Å²) in [6.45, 7) is 6.47. The van der Waals surface area contributed by atoms with Gasteiger partial charge >= 0.3 is 5.97 Å². The summed E-state index contributed by atoms with van der Waals surface area (Å²) in [5.41, 5.74) is 0. The van der Waals surface area contributed by atoms with Crippen molar-refractivity contribution in [2.45, 2.75) is 38.8 Å². The lowest BCUT2D eigenvalue weighted by Crippen LogP contribution is -2.46. The van der Waals surface area contributed by atoms with Crippen LogP contribution in [-0.4, -0.2) is 47.7 Å². The molecule has 2 atom stereocenters. The zero-order valence-electron chi connectivity index (χ0n) is 8.99. The minimum absolute atomic E-state index is 0.416. The van der Waals surface area contributed by atoms with Gasteiger partial charge in [-0.2, -0.15) is 0 Å². The number of aliphatic carboxylic acids is 1. The molecule has 1 saturated heterocycles. The molecular weight excluding hydrogens is 180 g/mol. The maximum absolute atomic E-state index is 10.9. The molecule has 0 amide bonds. The van der Waals surface area contributed by atoms with Crippen LogP contribution in [0.3, 0.4) is 0 Å². The molecule has 4 nitrogen and oxygen atoms in total. The Hall–Kier alpha value is -0.610. The average molecular weight is 200 g/mol. The third-order valence-electron chi connectivity index (χ3n) is 2.86. The quantitative estimate of drug-likeness (QED) is 0.680. The molecule has 4 heteroatoms. The summed E-state index contributed by atoms with van der Waals surface area (Å²) < 4.78 is 0. The molecular formula is C10H20N2O2. The second-order valence-corrected chi connectivity index (χ2v) is 3.93. The van der Waals surface area contributed by atoms with Crippen molar-refractivity contribution in [2.75, 3.05) is 19.6 Å². The summed E-state index contributed by atoms with van der Waals surface area (Å²) in [6, 6.07) is 0.121. The fourth-order valence-electron chi connectivity index (χ4n) is 1.97. The summed E-state index contributed by atoms with van der Waals surface area (Å²) in [7, 11) is 0. The van der Waals surface area contributed by atoms with E-state index in [1.165, 1.54) is 12.8 Å². The van der Waals surface area contributed by atoms with Crippen LogP contribution in [0, 0.1) is 0 Å². The van der Waals surface area contributed by atoms with Crippen LogP contribution in [0.2, 0.25) is 0 Å². The van der Waals surface area contributed by atoms with Gasteiger partial charge in [-0.25, -0.2) is 0 Å². The van der Waals surface area contributed by atoms with Crippen LogP contribution in [0.15, 0.2) is 0 Å². The number of rotatable bonds is 5. The van der Waals surface area contributed by atoms with Crippen LogP contribution < -0.4 is 5.32 Å². The lowest BCUT2D eigenvalue weighted by atomic mass is 10.2. The number of carboxylic acid groups (broad SMARTS) is 1. The van der Waals surface area contributed by atoms with Gasteiger partial charge in [0, 0.05) is 12.6 Å². The van der Waals surface area contributed by atoms with Crippen molar-refractivity contribution in [1.29, 1.82) is 0 Å². The largest absolute Gasteiger partial charge is 0.480 e. The van der Waals surface area contributed by atoms with Crippen molar-refractivity contribution in [3.63, 3.8) is 0 Å². The lowest BCUT2D eigenvalue weighted by molar-refractivity contribution is -0.140. The molecule has 2 N–H and O–H groups in total. The smallest absolute Gasteiger partial charge is 0.322 e. The van der Waals surface area contributed by atoms with E-state index in [2.05, 4.69) is 17.1 Å². The molecule has 14 heavy (non-hydrogen) atoms. The van der Waals surface area contributed by atoms with Crippen molar-refractivity contribution in [3.8, 4) is 0 Å². The molecule has 1 aliphatic heterocycles. The molecule has 0 aliphatic carbocycles. The van der Waals surface area contributed by atoms with Crippen LogP contribution in [-0.2, 0) is 4.79 Å². The zero-order chi connectivity index (χ0) is 10.6. The predicted molar refractivity (Wildman–Crippen MR) is 55.4 cm³/mol. The summed E-state index contributed by atoms with van der Waals surface area (Å²) in [6.07, 6.45) is 2.39. The van der Waals surface area contributed by atoms with Gasteiger partial charge in [0.25, 0.3) is 0 Å². The topological polar surface area (TPSA) is 52.6 Å². The Morgan fingerprint density at radius 1 is 1.71 bits per heavy atom. The average Bonchev–Trinajstić information content (AvgIpc) is 2.51. The Morgan fingerprint density at radius 3 is 2.86 bits per heavy atom. The minimum Gasteiger partial charge on any atom is -0.480 e. The van der Waals surface area contributed by atoms with Gasteiger partial charge < -0.3 is 10.4 Å². The van der Waals surface area contributed by atoms with E-state index in [1.54, 1.807) is 0 Å². The van der Waals surface area contributed by atoms with Crippen LogP contribution in [0.5, 0.6) is 0 Å². The summed E-state index contributed by atoms with van der Waals surface area (Å²) in [5, 5.41) is 12.0. The number of likely N-dealkylation sites (tertiary alicyclic amines) is 1. The summed E-state index contributed by atoms with van der Waals surface area (Å²) >= 11 is 0. The molecule has 0 aromatic carbocycles. The molecule has 1 heterocycles. The van der Waals surface area contributed by atoms with Crippen LogP contribution >= 0.6 is 0 Å². The SMILES string of the molecule is CCNC(CN1CCCC1C)C(=O)O. The van der Waals surface area contributed by atoms with Gasteiger partial charge in [0.1, 0.15) is 6.04 Å². The Labute approximate surface area is 85.3 Å². The molecule has 0 radical (unpaired) electrons. The highest BCUT2D eigenvalue weighted by atomic mass is 16.4. The Kier molecular flexibility index (Phi) is 4.35. The number of hydrogen-bond acceptors (Lipinski definition) is 3. The second-order valence-electron chi connectivity index (χ2n) is 3.93. The first-order valence-corrected chi connectivity index (χ1v) is 5.35. The van der Waals surface area contributed by atoms with Crippen molar-refractivity contribution >= 4 is 5.97 Å². The molecule has 0 aromatic rings. The highest BCUT2D eigenvalue weighted by molar-refractivity contribution is 5.73. The fourth-order valence-corrected chi connectivity index (χ4v) is 1.97. The Bertz CT molecular complexity index is 197. The third-order valence-corrected chi connectivity index (χ3v) is 2.86. The molecule has 1 aliphatic rings. The van der Waals surface area contributed by atoms with E-state index in [0.717, 1.165) is 6.54 Å². The first-order chi connectivity index (χ1) is 6.65. The van der Waals surface area contributed by atoms with E-state index in [-0.39, 0.29) is 0 Å². The first kappa shape index (κ1) is 11.5. The second kappa shape index (κ2) is 5.32. The fraction of sp³-hybridized carbons (Fsp3) is 0.900. The summed E-state index contributed by atoms with van der Waals surface area (Å²) in [4.78, 5) is 13.1. The van der Waals surface area contributed by atoms with Crippen LogP contribution in [0.25, 0.3) is 0 Å². The monoisotopic (exact) mass is 200 g/mol. The number of carbonyl (C=O) groups is 1. The van der Waals surface area contributed by atoms with E-state index < -0.39 is 12.0 Å². The number of carboxylic acids is 1. The van der Waals surface area contributed by atoms with Gasteiger partial charge in [-0.05, 0) is 32.9 Å². The minimum atomic E-state index is -0.744. The molecule has 0 spiro atoms. The van der Waals surface area contributed by atoms with Crippen LogP contribution in [0.1, 0.15) is 26.7 Å². The number of likely N-dealkylation sites (N-methyl/N-ethyl adjacent to an activating group) is 1. The third kappa shape index (κ3) is 2.96. The van der Waals surface area contributed by atoms with E-state index in [0.29, 0.717) is 19.1 Å². The Morgan fingerprint density at radius 2 is 2.43 bits per heavy atom. The van der Waals surface area contributed by atoms with E-state index in [4.69, 9.17) is 5.11 Å². The van der Waals surface area contributed by atoms with Crippen molar-refractivity contribution in [1.82, 2.24) is 10.2 Å². The van der Waals surface area contributed by atoms with Crippen molar-refractivity contribution < 1.29 is 9.90 Å². The highest BCUT2D eigenvalue weighted by Crippen LogP contribution is 2.16. The van der Waals surface area contributed by atoms with Gasteiger partial charge in [0.2, 0.25) is 0 Å². The predicted octanol–water partition coefficient (Wildman–Crippen LogP) is 0.533. The van der Waals surface area contributed by atoms with Gasteiger partial charge in [-0.1, -0.05) is 6.92 Å². The van der Waals surface area contributed by atoms with Crippen molar-refractivity contribution in [3.05, 3.63) is 0 Å². The normalized spacial score (nSPS) is 25.1. The van der Waals surface area contributed by atoms with Gasteiger partial charge in [0.05, 0.1) is 0 Å².